The van der Waals surface area contributed by atoms with Gasteiger partial charge < -0.3 is 9.31 Å². The molecule has 0 bridgehead atoms. The van der Waals surface area contributed by atoms with Crippen molar-refractivity contribution in [1.82, 2.24) is 9.13 Å². The van der Waals surface area contributed by atoms with Crippen LogP contribution in [0.5, 0.6) is 0 Å². The summed E-state index contributed by atoms with van der Waals surface area (Å²) in [5, 5.41) is 2.41. The van der Waals surface area contributed by atoms with Gasteiger partial charge in [0.15, 0.2) is 0 Å². The SMILES string of the molecule is Cc1cc(C)c(C2=C3C=CC4=[N+]3C35n6c(ccc62)C=c2ccc(n23)=C(c2c(C)cc(C)cc2C)C2=[N+]5C(=C4B3OC(C)(C)C(C)(C)O3)C=C2)c(C)c1. The van der Waals surface area contributed by atoms with Crippen LogP contribution in [0.3, 0.4) is 0 Å². The van der Waals surface area contributed by atoms with E-state index in [1.807, 2.05) is 0 Å². The number of allylic oxidation sites excluding steroid dienone is 5. The molecule has 256 valence electrons. The van der Waals surface area contributed by atoms with E-state index < -0.39 is 24.2 Å². The van der Waals surface area contributed by atoms with Crippen LogP contribution in [-0.4, -0.2) is 48.0 Å². The molecule has 7 heteroatoms. The van der Waals surface area contributed by atoms with Crippen LogP contribution in [0.2, 0.25) is 0 Å². The zero-order valence-corrected chi connectivity index (χ0v) is 31.7. The first-order valence-corrected chi connectivity index (χ1v) is 18.6. The number of aryl methyl sites for hydroxylation is 6. The highest BCUT2D eigenvalue weighted by Crippen LogP contribution is 2.52. The van der Waals surface area contributed by atoms with E-state index in [0.29, 0.717) is 0 Å². The Balaban J connectivity index is 1.34. The molecule has 1 saturated heterocycles. The average molecular weight is 683 g/mol. The molecule has 2 aromatic carbocycles. The molecule has 11 rings (SSSR count). The van der Waals surface area contributed by atoms with Crippen LogP contribution in [0.1, 0.15) is 83.6 Å². The van der Waals surface area contributed by atoms with Gasteiger partial charge in [0.1, 0.15) is 5.47 Å². The van der Waals surface area contributed by atoms with Gasteiger partial charge in [0, 0.05) is 24.3 Å². The second-order valence-electron chi connectivity index (χ2n) is 16.9. The molecule has 0 radical (unpaired) electrons. The molecular formula is C45H43BN4O2+2. The number of hydrogen-bond acceptors (Lipinski definition) is 2. The van der Waals surface area contributed by atoms with Crippen LogP contribution in [0.25, 0.3) is 17.2 Å². The number of nitrogens with zero attached hydrogens (tertiary/aromatic N) is 4. The predicted molar refractivity (Wildman–Crippen MR) is 207 cm³/mol. The Kier molecular flexibility index (Phi) is 5.49. The molecule has 9 heterocycles. The topological polar surface area (TPSA) is 34.3 Å². The summed E-state index contributed by atoms with van der Waals surface area (Å²) in [4.78, 5) is 0. The number of benzene rings is 2. The first kappa shape index (κ1) is 30.6. The third-order valence-electron chi connectivity index (χ3n) is 13.0. The van der Waals surface area contributed by atoms with Gasteiger partial charge in [0.2, 0.25) is 22.8 Å². The standard InChI is InChI=1S/C45H43BN4O2/c1-24-19-26(3)38(27(4)20-24)40-32-13-11-30-23-31-12-14-33-41(39-28(5)21-25(2)22-29(39)6)35-16-18-37-42(46-51-43(7,8)44(9,10)52-46)36-17-15-34(40)49(36)45(47(30)32,48(31)33)50(35)37/h11-23H,1-10H3/q+2. The minimum Gasteiger partial charge on any atom is -0.399 e. The lowest BCUT2D eigenvalue weighted by Crippen LogP contribution is -2.71. The monoisotopic (exact) mass is 682 g/mol. The van der Waals surface area contributed by atoms with E-state index in [9.17, 15) is 0 Å². The second kappa shape index (κ2) is 9.33. The Labute approximate surface area is 305 Å². The molecule has 4 aromatic rings. The van der Waals surface area contributed by atoms with E-state index in [0.717, 1.165) is 16.9 Å². The fourth-order valence-electron chi connectivity index (χ4n) is 10.5. The van der Waals surface area contributed by atoms with Crippen LogP contribution >= 0.6 is 0 Å². The summed E-state index contributed by atoms with van der Waals surface area (Å²) in [6.45, 7) is 22.0. The molecule has 0 saturated carbocycles. The van der Waals surface area contributed by atoms with E-state index in [-0.39, 0.29) is 0 Å². The largest absolute Gasteiger partial charge is 0.553 e. The summed E-state index contributed by atoms with van der Waals surface area (Å²) in [7, 11) is -0.552. The second-order valence-corrected chi connectivity index (χ2v) is 16.9. The Morgan fingerprint density at radius 3 is 1.79 bits per heavy atom. The van der Waals surface area contributed by atoms with Crippen molar-refractivity contribution in [1.29, 1.82) is 0 Å². The number of rotatable bonds is 3. The van der Waals surface area contributed by atoms with Crippen LogP contribution in [-0.2, 0) is 15.2 Å². The third kappa shape index (κ3) is 3.32. The van der Waals surface area contributed by atoms with Gasteiger partial charge in [-0.15, -0.1) is 0 Å². The third-order valence-corrected chi connectivity index (χ3v) is 13.0. The zero-order valence-electron chi connectivity index (χ0n) is 31.7. The molecule has 7 aliphatic heterocycles. The highest BCUT2D eigenvalue weighted by atomic mass is 16.7. The van der Waals surface area contributed by atoms with Crippen molar-refractivity contribution in [3.05, 3.63) is 156 Å². The minimum absolute atomic E-state index is 0.489. The van der Waals surface area contributed by atoms with Crippen molar-refractivity contribution in [2.75, 3.05) is 0 Å². The fraction of sp³-hybridized carbons (Fsp3) is 0.289. The van der Waals surface area contributed by atoms with Crippen LogP contribution in [0.4, 0.5) is 0 Å². The van der Waals surface area contributed by atoms with Crippen molar-refractivity contribution < 1.29 is 18.5 Å². The normalized spacial score (nSPS) is 23.4. The van der Waals surface area contributed by atoms with Crippen molar-refractivity contribution in [2.45, 2.75) is 86.4 Å². The summed E-state index contributed by atoms with van der Waals surface area (Å²) in [5.41, 5.74) is 20.0. The van der Waals surface area contributed by atoms with Gasteiger partial charge in [0.25, 0.3) is 0 Å². The molecule has 1 atom stereocenters. The zero-order chi connectivity index (χ0) is 36.0. The summed E-state index contributed by atoms with van der Waals surface area (Å²) < 4.78 is 24.3. The lowest BCUT2D eigenvalue weighted by Gasteiger charge is -2.40. The summed E-state index contributed by atoms with van der Waals surface area (Å²) in [6.07, 6.45) is 11.7. The summed E-state index contributed by atoms with van der Waals surface area (Å²) in [6, 6.07) is 18.6. The Morgan fingerprint density at radius 1 is 0.596 bits per heavy atom. The molecule has 0 N–H and O–H groups in total. The Hall–Kier alpha value is -4.98. The van der Waals surface area contributed by atoms with Crippen LogP contribution in [0.15, 0.2) is 89.7 Å². The van der Waals surface area contributed by atoms with Crippen LogP contribution in [0, 0.1) is 41.5 Å². The quantitative estimate of drug-likeness (QED) is 0.187. The van der Waals surface area contributed by atoms with E-state index in [1.54, 1.807) is 0 Å². The predicted octanol–water partition coefficient (Wildman–Crippen LogP) is 6.33. The lowest BCUT2D eigenvalue weighted by molar-refractivity contribution is -0.836. The highest BCUT2D eigenvalue weighted by molar-refractivity contribution is 6.63. The van der Waals surface area contributed by atoms with Crippen LogP contribution < -0.4 is 10.7 Å². The van der Waals surface area contributed by atoms with E-state index in [4.69, 9.17) is 9.31 Å². The molecule has 52 heavy (non-hydrogen) atoms. The van der Waals surface area contributed by atoms with Gasteiger partial charge in [0.05, 0.1) is 44.4 Å². The van der Waals surface area contributed by atoms with E-state index in [2.05, 4.69) is 166 Å². The molecule has 0 amide bonds. The summed E-state index contributed by atoms with van der Waals surface area (Å²) in [5.74, 6) is -0.779. The molecule has 1 fully saturated rings. The smallest absolute Gasteiger partial charge is 0.399 e. The fourth-order valence-corrected chi connectivity index (χ4v) is 10.5. The summed E-state index contributed by atoms with van der Waals surface area (Å²) >= 11 is 0. The Bertz CT molecular complexity index is 2740. The molecule has 1 spiro atoms. The highest BCUT2D eigenvalue weighted by Gasteiger charge is 2.74. The number of aromatic nitrogens is 2. The van der Waals surface area contributed by atoms with Gasteiger partial charge in [-0.2, -0.15) is 9.13 Å². The van der Waals surface area contributed by atoms with Crippen molar-refractivity contribution >= 4 is 35.8 Å². The number of hydrogen-bond donors (Lipinski definition) is 0. The van der Waals surface area contributed by atoms with Gasteiger partial charge >= 0.3 is 13.0 Å². The molecule has 7 aliphatic rings. The van der Waals surface area contributed by atoms with Gasteiger partial charge in [-0.3, -0.25) is 0 Å². The first-order chi connectivity index (χ1) is 24.7. The molecular weight excluding hydrogens is 639 g/mol. The van der Waals surface area contributed by atoms with Gasteiger partial charge in [-0.25, -0.2) is 0 Å². The van der Waals surface area contributed by atoms with Crippen molar-refractivity contribution in [2.24, 2.45) is 0 Å². The first-order valence-electron chi connectivity index (χ1n) is 18.6. The van der Waals surface area contributed by atoms with Crippen molar-refractivity contribution in [3.8, 4) is 0 Å². The maximum atomic E-state index is 6.96. The molecule has 1 unspecified atom stereocenters. The van der Waals surface area contributed by atoms with E-state index in [1.165, 1.54) is 89.1 Å². The van der Waals surface area contributed by atoms with E-state index >= 15 is 0 Å². The lowest BCUT2D eigenvalue weighted by atomic mass is 9.72. The maximum Gasteiger partial charge on any atom is 0.553 e. The maximum absolute atomic E-state index is 6.96. The molecule has 2 aromatic heterocycles. The average Bonchev–Trinajstić information content (AvgIpc) is 3.88. The van der Waals surface area contributed by atoms with Crippen molar-refractivity contribution in [3.63, 3.8) is 0 Å². The van der Waals surface area contributed by atoms with Gasteiger partial charge in [-0.05, 0) is 133 Å². The molecule has 0 aliphatic carbocycles. The molecule has 6 nitrogen and oxygen atoms in total. The minimum atomic E-state index is -0.779. The Morgan fingerprint density at radius 2 is 1.15 bits per heavy atom. The van der Waals surface area contributed by atoms with Gasteiger partial charge in [-0.1, -0.05) is 44.5 Å².